The molecular formula is C16H22BrN3O. The van der Waals surface area contributed by atoms with Gasteiger partial charge in [-0.2, -0.15) is 5.10 Å². The van der Waals surface area contributed by atoms with E-state index >= 15 is 0 Å². The highest BCUT2D eigenvalue weighted by Crippen LogP contribution is 2.23. The number of benzene rings is 1. The molecule has 1 aromatic heterocycles. The number of halogens is 1. The molecule has 5 heteroatoms. The van der Waals surface area contributed by atoms with Crippen LogP contribution in [0.25, 0.3) is 0 Å². The predicted octanol–water partition coefficient (Wildman–Crippen LogP) is 3.45. The maximum absolute atomic E-state index is 5.29. The summed E-state index contributed by atoms with van der Waals surface area (Å²) in [4.78, 5) is 0. The van der Waals surface area contributed by atoms with Crippen molar-refractivity contribution >= 4 is 15.9 Å². The Hall–Kier alpha value is -1.33. The highest BCUT2D eigenvalue weighted by atomic mass is 79.9. The van der Waals surface area contributed by atoms with Crippen molar-refractivity contribution in [1.29, 1.82) is 0 Å². The standard InChI is InChI=1S/C16H22BrN3O/c1-12(2)9-18-10-14-6-7-19-20(14)11-13-8-15(21-3)4-5-16(13)17/h4-8,12,18H,9-11H2,1-3H3. The lowest BCUT2D eigenvalue weighted by atomic mass is 10.2. The maximum atomic E-state index is 5.29. The van der Waals surface area contributed by atoms with Crippen LogP contribution in [0.3, 0.4) is 0 Å². The van der Waals surface area contributed by atoms with Crippen molar-refractivity contribution in [2.45, 2.75) is 26.9 Å². The van der Waals surface area contributed by atoms with Crippen molar-refractivity contribution in [1.82, 2.24) is 15.1 Å². The van der Waals surface area contributed by atoms with Crippen LogP contribution in [-0.4, -0.2) is 23.4 Å². The first kappa shape index (κ1) is 16.0. The van der Waals surface area contributed by atoms with Gasteiger partial charge in [-0.15, -0.1) is 0 Å². The first-order valence-corrected chi connectivity index (χ1v) is 7.93. The van der Waals surface area contributed by atoms with Gasteiger partial charge in [-0.3, -0.25) is 4.68 Å². The second-order valence-corrected chi connectivity index (χ2v) is 6.32. The van der Waals surface area contributed by atoms with Gasteiger partial charge in [0.15, 0.2) is 0 Å². The molecule has 1 aromatic carbocycles. The van der Waals surface area contributed by atoms with Crippen LogP contribution in [-0.2, 0) is 13.1 Å². The van der Waals surface area contributed by atoms with Gasteiger partial charge in [-0.1, -0.05) is 29.8 Å². The fourth-order valence-corrected chi connectivity index (χ4v) is 2.47. The van der Waals surface area contributed by atoms with Gasteiger partial charge in [-0.25, -0.2) is 0 Å². The lowest BCUT2D eigenvalue weighted by molar-refractivity contribution is 0.414. The van der Waals surface area contributed by atoms with Gasteiger partial charge in [0.25, 0.3) is 0 Å². The molecule has 4 nitrogen and oxygen atoms in total. The summed E-state index contributed by atoms with van der Waals surface area (Å²) in [6.45, 7) is 6.98. The van der Waals surface area contributed by atoms with Gasteiger partial charge in [0.2, 0.25) is 0 Å². The Morgan fingerprint density at radius 2 is 2.14 bits per heavy atom. The summed E-state index contributed by atoms with van der Waals surface area (Å²) >= 11 is 3.59. The summed E-state index contributed by atoms with van der Waals surface area (Å²) in [5, 5.41) is 7.87. The van der Waals surface area contributed by atoms with Crippen LogP contribution < -0.4 is 10.1 Å². The lowest BCUT2D eigenvalue weighted by Gasteiger charge is -2.12. The summed E-state index contributed by atoms with van der Waals surface area (Å²) in [7, 11) is 1.68. The minimum Gasteiger partial charge on any atom is -0.497 e. The summed E-state index contributed by atoms with van der Waals surface area (Å²) in [6, 6.07) is 8.05. The van der Waals surface area contributed by atoms with E-state index in [-0.39, 0.29) is 0 Å². The molecule has 0 amide bonds. The zero-order valence-electron chi connectivity index (χ0n) is 12.8. The van der Waals surface area contributed by atoms with Crippen molar-refractivity contribution < 1.29 is 4.74 Å². The fraction of sp³-hybridized carbons (Fsp3) is 0.438. The molecule has 0 atom stereocenters. The van der Waals surface area contributed by atoms with Crippen LogP contribution in [0.5, 0.6) is 5.75 Å². The van der Waals surface area contributed by atoms with E-state index in [4.69, 9.17) is 4.74 Å². The van der Waals surface area contributed by atoms with E-state index in [1.807, 2.05) is 29.1 Å². The third-order valence-corrected chi connectivity index (χ3v) is 4.01. The molecule has 0 unspecified atom stereocenters. The number of aromatic nitrogens is 2. The minimum atomic E-state index is 0.647. The van der Waals surface area contributed by atoms with E-state index in [1.54, 1.807) is 7.11 Å². The molecule has 1 N–H and O–H groups in total. The average Bonchev–Trinajstić information content (AvgIpc) is 2.88. The molecule has 114 valence electrons. The second-order valence-electron chi connectivity index (χ2n) is 5.46. The van der Waals surface area contributed by atoms with Crippen LogP contribution in [0.2, 0.25) is 0 Å². The molecule has 21 heavy (non-hydrogen) atoms. The van der Waals surface area contributed by atoms with Crippen LogP contribution in [0.1, 0.15) is 25.1 Å². The van der Waals surface area contributed by atoms with Crippen LogP contribution >= 0.6 is 15.9 Å². The topological polar surface area (TPSA) is 39.1 Å². The van der Waals surface area contributed by atoms with E-state index in [0.29, 0.717) is 5.92 Å². The van der Waals surface area contributed by atoms with Crippen LogP contribution in [0.4, 0.5) is 0 Å². The molecule has 1 heterocycles. The highest BCUT2D eigenvalue weighted by molar-refractivity contribution is 9.10. The number of methoxy groups -OCH3 is 1. The van der Waals surface area contributed by atoms with E-state index in [2.05, 4.69) is 46.3 Å². The van der Waals surface area contributed by atoms with Crippen LogP contribution in [0.15, 0.2) is 34.9 Å². The molecule has 0 aliphatic rings. The zero-order valence-corrected chi connectivity index (χ0v) is 14.4. The van der Waals surface area contributed by atoms with Gasteiger partial charge >= 0.3 is 0 Å². The predicted molar refractivity (Wildman–Crippen MR) is 88.6 cm³/mol. The molecular weight excluding hydrogens is 330 g/mol. The summed E-state index contributed by atoms with van der Waals surface area (Å²) in [5.41, 5.74) is 2.34. The van der Waals surface area contributed by atoms with Gasteiger partial charge in [0.1, 0.15) is 5.75 Å². The number of hydrogen-bond donors (Lipinski definition) is 1. The largest absolute Gasteiger partial charge is 0.497 e. The first-order chi connectivity index (χ1) is 10.1. The molecule has 2 rings (SSSR count). The number of ether oxygens (including phenoxy) is 1. The summed E-state index contributed by atoms with van der Waals surface area (Å²) in [6.07, 6.45) is 1.85. The van der Waals surface area contributed by atoms with Gasteiger partial charge < -0.3 is 10.1 Å². The second kappa shape index (κ2) is 7.61. The molecule has 2 aromatic rings. The fourth-order valence-electron chi connectivity index (χ4n) is 2.10. The monoisotopic (exact) mass is 351 g/mol. The minimum absolute atomic E-state index is 0.647. The van der Waals surface area contributed by atoms with Gasteiger partial charge in [0.05, 0.1) is 19.3 Å². The molecule has 0 saturated heterocycles. The highest BCUT2D eigenvalue weighted by Gasteiger charge is 2.07. The quantitative estimate of drug-likeness (QED) is 0.830. The van der Waals surface area contributed by atoms with Crippen molar-refractivity contribution in [3.8, 4) is 5.75 Å². The Balaban J connectivity index is 2.08. The third kappa shape index (κ3) is 4.58. The van der Waals surface area contributed by atoms with E-state index in [9.17, 15) is 0 Å². The van der Waals surface area contributed by atoms with Gasteiger partial charge in [-0.05, 0) is 42.3 Å². The lowest BCUT2D eigenvalue weighted by Crippen LogP contribution is -2.21. The Morgan fingerprint density at radius 1 is 1.33 bits per heavy atom. The Labute approximate surface area is 134 Å². The van der Waals surface area contributed by atoms with Crippen molar-refractivity contribution in [2.75, 3.05) is 13.7 Å². The molecule has 0 saturated carbocycles. The SMILES string of the molecule is COc1ccc(Br)c(Cn2nccc2CNCC(C)C)c1. The number of rotatable bonds is 7. The first-order valence-electron chi connectivity index (χ1n) is 7.14. The van der Waals surface area contributed by atoms with E-state index in [1.165, 1.54) is 5.69 Å². The Morgan fingerprint density at radius 3 is 2.86 bits per heavy atom. The molecule has 0 fully saturated rings. The molecule has 0 aliphatic carbocycles. The van der Waals surface area contributed by atoms with E-state index in [0.717, 1.165) is 35.4 Å². The normalized spacial score (nSPS) is 11.1. The maximum Gasteiger partial charge on any atom is 0.119 e. The number of nitrogens with zero attached hydrogens (tertiary/aromatic N) is 2. The summed E-state index contributed by atoms with van der Waals surface area (Å²) in [5.74, 6) is 1.51. The van der Waals surface area contributed by atoms with Crippen molar-refractivity contribution in [3.63, 3.8) is 0 Å². The molecule has 0 aliphatic heterocycles. The van der Waals surface area contributed by atoms with Gasteiger partial charge in [0, 0.05) is 17.2 Å². The smallest absolute Gasteiger partial charge is 0.119 e. The van der Waals surface area contributed by atoms with E-state index < -0.39 is 0 Å². The molecule has 0 bridgehead atoms. The Kier molecular flexibility index (Phi) is 5.82. The van der Waals surface area contributed by atoms with Crippen molar-refractivity contribution in [2.24, 2.45) is 5.92 Å². The van der Waals surface area contributed by atoms with Crippen molar-refractivity contribution in [3.05, 3.63) is 46.2 Å². The number of hydrogen-bond acceptors (Lipinski definition) is 3. The van der Waals surface area contributed by atoms with Crippen LogP contribution in [0, 0.1) is 5.92 Å². The summed E-state index contributed by atoms with van der Waals surface area (Å²) < 4.78 is 8.38. The molecule has 0 radical (unpaired) electrons. The average molecular weight is 352 g/mol. The zero-order chi connectivity index (χ0) is 15.2. The molecule has 0 spiro atoms. The number of nitrogens with one attached hydrogen (secondary N) is 1. The third-order valence-electron chi connectivity index (χ3n) is 3.24. The Bertz CT molecular complexity index is 581.